The van der Waals surface area contributed by atoms with Crippen molar-refractivity contribution < 1.29 is 0 Å². The molecule has 1 nitrogen and oxygen atoms in total. The summed E-state index contributed by atoms with van der Waals surface area (Å²) in [6, 6.07) is 4.27. The van der Waals surface area contributed by atoms with Crippen LogP contribution >= 0.6 is 66.1 Å². The van der Waals surface area contributed by atoms with Crippen molar-refractivity contribution in [3.63, 3.8) is 0 Å². The number of halogens is 3. The largest absolute Gasteiger partial charge is 0.305 e. The van der Waals surface area contributed by atoms with Crippen molar-refractivity contribution >= 4 is 66.1 Å². The molecule has 0 saturated carbocycles. The minimum atomic E-state index is 0.161. The van der Waals surface area contributed by atoms with Crippen molar-refractivity contribution in [3.05, 3.63) is 40.5 Å². The molecule has 0 bridgehead atoms. The first-order valence-corrected chi connectivity index (χ1v) is 9.20. The zero-order chi connectivity index (χ0) is 13.1. The second kappa shape index (κ2) is 6.86. The van der Waals surface area contributed by atoms with Gasteiger partial charge < -0.3 is 5.32 Å². The summed E-state index contributed by atoms with van der Waals surface area (Å²) in [5.41, 5.74) is 1.24. The lowest BCUT2D eigenvalue weighted by Gasteiger charge is -2.17. The van der Waals surface area contributed by atoms with Crippen molar-refractivity contribution in [1.82, 2.24) is 5.32 Å². The maximum absolute atomic E-state index is 6.27. The van der Waals surface area contributed by atoms with E-state index in [-0.39, 0.29) is 6.04 Å². The maximum atomic E-state index is 6.27. The standard InChI is InChI=1S/C12H12Br2ClNS2/c1-2-4-16-10(11-8(15)3-5-17-11)7-6-9(13)18-12(7)14/h3,5-6,10,16H,2,4H2,1H3. The molecule has 0 aliphatic heterocycles. The first-order chi connectivity index (χ1) is 8.63. The van der Waals surface area contributed by atoms with Gasteiger partial charge in [-0.1, -0.05) is 18.5 Å². The minimum Gasteiger partial charge on any atom is -0.305 e. The molecule has 2 aromatic rings. The number of hydrogen-bond acceptors (Lipinski definition) is 3. The molecule has 18 heavy (non-hydrogen) atoms. The smallest absolute Gasteiger partial charge is 0.0762 e. The second-order valence-corrected chi connectivity index (χ2v) is 8.90. The van der Waals surface area contributed by atoms with Crippen molar-refractivity contribution in [3.8, 4) is 0 Å². The van der Waals surface area contributed by atoms with Crippen LogP contribution in [0, 0.1) is 0 Å². The maximum Gasteiger partial charge on any atom is 0.0762 e. The molecule has 0 aliphatic rings. The van der Waals surface area contributed by atoms with E-state index in [1.807, 2.05) is 11.4 Å². The Balaban J connectivity index is 2.37. The Hall–Kier alpha value is 0.610. The van der Waals surface area contributed by atoms with E-state index in [0.29, 0.717) is 0 Å². The van der Waals surface area contributed by atoms with Crippen molar-refractivity contribution in [1.29, 1.82) is 0 Å². The molecular weight excluding hydrogens is 418 g/mol. The molecule has 2 heterocycles. The van der Waals surface area contributed by atoms with Crippen LogP contribution in [0.2, 0.25) is 5.02 Å². The highest BCUT2D eigenvalue weighted by Crippen LogP contribution is 2.41. The molecule has 0 spiro atoms. The van der Waals surface area contributed by atoms with Crippen molar-refractivity contribution in [2.75, 3.05) is 6.54 Å². The fourth-order valence-electron chi connectivity index (χ4n) is 1.69. The van der Waals surface area contributed by atoms with E-state index in [1.54, 1.807) is 22.7 Å². The molecular formula is C12H12Br2ClNS2. The zero-order valence-electron chi connectivity index (χ0n) is 9.67. The lowest BCUT2D eigenvalue weighted by Crippen LogP contribution is -2.22. The molecule has 0 fully saturated rings. The lowest BCUT2D eigenvalue weighted by atomic mass is 10.1. The third-order valence-electron chi connectivity index (χ3n) is 2.50. The van der Waals surface area contributed by atoms with Crippen LogP contribution in [0.25, 0.3) is 0 Å². The van der Waals surface area contributed by atoms with Gasteiger partial charge in [0.1, 0.15) is 0 Å². The molecule has 98 valence electrons. The molecule has 0 amide bonds. The van der Waals surface area contributed by atoms with Gasteiger partial charge in [-0.15, -0.1) is 22.7 Å². The molecule has 2 rings (SSSR count). The van der Waals surface area contributed by atoms with E-state index in [4.69, 9.17) is 11.6 Å². The van der Waals surface area contributed by atoms with Gasteiger partial charge >= 0.3 is 0 Å². The van der Waals surface area contributed by atoms with Gasteiger partial charge in [-0.2, -0.15) is 0 Å². The van der Waals surface area contributed by atoms with Gasteiger partial charge in [0.2, 0.25) is 0 Å². The highest BCUT2D eigenvalue weighted by atomic mass is 79.9. The Morgan fingerprint density at radius 2 is 2.22 bits per heavy atom. The number of thiophene rings is 2. The fraction of sp³-hybridized carbons (Fsp3) is 0.333. The van der Waals surface area contributed by atoms with Crippen LogP contribution in [0.5, 0.6) is 0 Å². The van der Waals surface area contributed by atoms with Crippen LogP contribution in [0.15, 0.2) is 25.1 Å². The molecule has 6 heteroatoms. The van der Waals surface area contributed by atoms with Gasteiger partial charge in [0.15, 0.2) is 0 Å². The summed E-state index contributed by atoms with van der Waals surface area (Å²) in [5, 5.41) is 6.44. The molecule has 0 saturated heterocycles. The fourth-order valence-corrected chi connectivity index (χ4v) is 5.85. The van der Waals surface area contributed by atoms with Crippen LogP contribution < -0.4 is 5.32 Å². The van der Waals surface area contributed by atoms with Gasteiger partial charge in [0.05, 0.1) is 18.6 Å². The first-order valence-electron chi connectivity index (χ1n) is 5.54. The van der Waals surface area contributed by atoms with Crippen molar-refractivity contribution in [2.45, 2.75) is 19.4 Å². The number of hydrogen-bond donors (Lipinski definition) is 1. The summed E-state index contributed by atoms with van der Waals surface area (Å²) in [7, 11) is 0. The van der Waals surface area contributed by atoms with Crippen LogP contribution in [-0.2, 0) is 0 Å². The Morgan fingerprint density at radius 3 is 2.72 bits per heavy atom. The second-order valence-electron chi connectivity index (χ2n) is 3.80. The summed E-state index contributed by atoms with van der Waals surface area (Å²) in [5.74, 6) is 0. The summed E-state index contributed by atoms with van der Waals surface area (Å²) in [6.45, 7) is 3.14. The van der Waals surface area contributed by atoms with E-state index in [9.17, 15) is 0 Å². The topological polar surface area (TPSA) is 12.0 Å². The molecule has 0 aromatic carbocycles. The van der Waals surface area contributed by atoms with Crippen molar-refractivity contribution in [2.24, 2.45) is 0 Å². The third kappa shape index (κ3) is 3.38. The van der Waals surface area contributed by atoms with Crippen LogP contribution in [0.3, 0.4) is 0 Å². The number of rotatable bonds is 5. The van der Waals surface area contributed by atoms with Gasteiger partial charge in [-0.3, -0.25) is 0 Å². The molecule has 1 unspecified atom stereocenters. The molecule has 2 aromatic heterocycles. The normalized spacial score (nSPS) is 12.9. The van der Waals surface area contributed by atoms with Crippen LogP contribution in [0.4, 0.5) is 0 Å². The zero-order valence-corrected chi connectivity index (χ0v) is 15.2. The average molecular weight is 430 g/mol. The summed E-state index contributed by atoms with van der Waals surface area (Å²) < 4.78 is 2.27. The Labute approximate surface area is 137 Å². The molecule has 1 atom stereocenters. The van der Waals surface area contributed by atoms with Gasteiger partial charge in [-0.05, 0) is 62.3 Å². The highest BCUT2D eigenvalue weighted by molar-refractivity contribution is 9.12. The van der Waals surface area contributed by atoms with E-state index in [0.717, 1.165) is 25.6 Å². The summed E-state index contributed by atoms with van der Waals surface area (Å²) >= 11 is 16.8. The van der Waals surface area contributed by atoms with E-state index in [1.165, 1.54) is 10.4 Å². The van der Waals surface area contributed by atoms with E-state index < -0.39 is 0 Å². The summed E-state index contributed by atoms with van der Waals surface area (Å²) in [4.78, 5) is 1.18. The van der Waals surface area contributed by atoms with E-state index in [2.05, 4.69) is 50.2 Å². The summed E-state index contributed by atoms with van der Waals surface area (Å²) in [6.07, 6.45) is 1.10. The van der Waals surface area contributed by atoms with Crippen LogP contribution in [-0.4, -0.2) is 6.54 Å². The SMILES string of the molecule is CCCNC(c1cc(Br)sc1Br)c1sccc1Cl. The van der Waals surface area contributed by atoms with E-state index >= 15 is 0 Å². The molecule has 0 aliphatic carbocycles. The monoisotopic (exact) mass is 427 g/mol. The van der Waals surface area contributed by atoms with Gasteiger partial charge in [0, 0.05) is 10.4 Å². The Kier molecular flexibility index (Phi) is 5.72. The first kappa shape index (κ1) is 15.0. The molecule has 1 N–H and O–H groups in total. The molecule has 0 radical (unpaired) electrons. The average Bonchev–Trinajstić information content (AvgIpc) is 2.87. The predicted octanol–water partition coefficient (Wildman–Crippen LogP) is 6.08. The van der Waals surface area contributed by atoms with Gasteiger partial charge in [-0.25, -0.2) is 0 Å². The lowest BCUT2D eigenvalue weighted by molar-refractivity contribution is 0.606. The Bertz CT molecular complexity index is 524. The highest BCUT2D eigenvalue weighted by Gasteiger charge is 2.21. The number of nitrogens with one attached hydrogen (secondary N) is 1. The Morgan fingerprint density at radius 1 is 1.44 bits per heavy atom. The third-order valence-corrected chi connectivity index (χ3v) is 6.31. The predicted molar refractivity (Wildman–Crippen MR) is 89.2 cm³/mol. The van der Waals surface area contributed by atoms with Crippen LogP contribution in [0.1, 0.15) is 29.8 Å². The minimum absolute atomic E-state index is 0.161. The van der Waals surface area contributed by atoms with Gasteiger partial charge in [0.25, 0.3) is 0 Å². The quantitative estimate of drug-likeness (QED) is 0.608.